The molecule has 13 nitrogen and oxygen atoms in total. The molecule has 6 N–H and O–H groups in total. The van der Waals surface area contributed by atoms with Crippen molar-refractivity contribution in [3.8, 4) is 0 Å². The summed E-state index contributed by atoms with van der Waals surface area (Å²) in [6.07, 6.45) is 0.364. The van der Waals surface area contributed by atoms with Gasteiger partial charge in [0.2, 0.25) is 0 Å². The van der Waals surface area contributed by atoms with E-state index in [1.807, 2.05) is 36.4 Å². The quantitative estimate of drug-likeness (QED) is 0.156. The lowest BCUT2D eigenvalue weighted by atomic mass is 9.91. The zero-order valence-corrected chi connectivity index (χ0v) is 25.7. The highest BCUT2D eigenvalue weighted by atomic mass is 16.6. The van der Waals surface area contributed by atoms with Crippen LogP contribution in [0.5, 0.6) is 0 Å². The van der Waals surface area contributed by atoms with Gasteiger partial charge in [0, 0.05) is 25.6 Å². The number of carbonyl (C=O) groups is 1. The van der Waals surface area contributed by atoms with Gasteiger partial charge < -0.3 is 40.9 Å². The number of aromatic nitrogens is 4. The van der Waals surface area contributed by atoms with Crippen LogP contribution in [-0.2, 0) is 11.3 Å². The van der Waals surface area contributed by atoms with Crippen molar-refractivity contribution in [2.75, 3.05) is 44.6 Å². The van der Waals surface area contributed by atoms with Crippen LogP contribution in [0.25, 0.3) is 11.2 Å². The molecule has 4 aromatic rings. The van der Waals surface area contributed by atoms with Crippen molar-refractivity contribution in [2.45, 2.75) is 56.3 Å². The molecule has 0 unspecified atom stereocenters. The van der Waals surface area contributed by atoms with Gasteiger partial charge in [0.05, 0.1) is 19.5 Å². The van der Waals surface area contributed by atoms with E-state index in [1.165, 1.54) is 22.2 Å². The molecular formula is C33H42N8O5. The zero-order chi connectivity index (χ0) is 32.0. The number of aliphatic hydroxyl groups is 3. The molecule has 0 saturated carbocycles. The van der Waals surface area contributed by atoms with Gasteiger partial charge in [-0.15, -0.1) is 0 Å². The zero-order valence-electron chi connectivity index (χ0n) is 25.7. The third-order valence-corrected chi connectivity index (χ3v) is 8.92. The van der Waals surface area contributed by atoms with Crippen molar-refractivity contribution >= 4 is 23.0 Å². The van der Waals surface area contributed by atoms with Gasteiger partial charge in [0.15, 0.2) is 29.0 Å². The lowest BCUT2D eigenvalue weighted by molar-refractivity contribution is -0.0511. The molecule has 4 atom stereocenters. The first-order valence-electron chi connectivity index (χ1n) is 15.9. The molecule has 6 rings (SSSR count). The van der Waals surface area contributed by atoms with Crippen molar-refractivity contribution in [1.82, 2.24) is 29.3 Å². The topological polar surface area (TPSA) is 175 Å². The van der Waals surface area contributed by atoms with E-state index < -0.39 is 37.2 Å². The fourth-order valence-electron chi connectivity index (χ4n) is 6.33. The van der Waals surface area contributed by atoms with Gasteiger partial charge in [-0.25, -0.2) is 19.7 Å². The van der Waals surface area contributed by atoms with Gasteiger partial charge in [0.25, 0.3) is 0 Å². The Morgan fingerprint density at radius 2 is 1.67 bits per heavy atom. The number of anilines is 1. The summed E-state index contributed by atoms with van der Waals surface area (Å²) in [5.74, 6) is 0.768. The fraction of sp³-hybridized carbons (Fsp3) is 0.455. The van der Waals surface area contributed by atoms with Crippen molar-refractivity contribution < 1.29 is 24.9 Å². The summed E-state index contributed by atoms with van der Waals surface area (Å²) in [6, 6.07) is 19.8. The maximum atomic E-state index is 12.6. The Hall–Kier alpha value is -4.14. The normalized spacial score (nSPS) is 22.0. The smallest absolute Gasteiger partial charge is 0.315 e. The van der Waals surface area contributed by atoms with Gasteiger partial charge in [0.1, 0.15) is 18.3 Å². The Kier molecular flexibility index (Phi) is 10.0. The van der Waals surface area contributed by atoms with Crippen molar-refractivity contribution in [1.29, 1.82) is 0 Å². The number of ether oxygens (including phenoxy) is 1. The lowest BCUT2D eigenvalue weighted by Crippen LogP contribution is -2.42. The number of rotatable bonds is 12. The van der Waals surface area contributed by atoms with Crippen LogP contribution in [0.15, 0.2) is 67.0 Å². The standard InChI is InChI=1S/C33H42N8O5/c34-33(45)40(17-16-39-14-8-3-9-15-39)19-26-37-30(35-18-24(22-10-4-1-5-11-22)23-12-6-2-7-13-23)27-31(38-26)41(21-36-27)32-29(44)28(43)25(20-42)46-32/h1-2,4-7,10-13,21,24-25,28-29,32,42-44H,3,8-9,14-20H2,(H2,34,45)(H,35,37,38)/t25-,28-,29+,32-/m1/s1. The first kappa shape index (κ1) is 31.8. The first-order chi connectivity index (χ1) is 22.4. The number of nitrogens with two attached hydrogens (primary N) is 1. The number of hydrogen-bond acceptors (Lipinski definition) is 10. The SMILES string of the molecule is NC(=O)N(CCN1CCCCC1)Cc1nc(NCC(c2ccccc2)c2ccccc2)c2ncn([C@@H]3O[C@H](CO)[C@@H](O)[C@@H]3O)c2n1. The Balaban J connectivity index is 1.33. The minimum Gasteiger partial charge on any atom is -0.394 e. The molecule has 13 heteroatoms. The molecule has 244 valence electrons. The summed E-state index contributed by atoms with van der Waals surface area (Å²) in [4.78, 5) is 30.6. The van der Waals surface area contributed by atoms with E-state index in [0.717, 1.165) is 37.1 Å². The molecule has 46 heavy (non-hydrogen) atoms. The van der Waals surface area contributed by atoms with Gasteiger partial charge in [-0.05, 0) is 37.1 Å². The summed E-state index contributed by atoms with van der Waals surface area (Å²) in [5.41, 5.74) is 8.86. The third kappa shape index (κ3) is 6.98. The number of piperidine rings is 1. The number of urea groups is 1. The van der Waals surface area contributed by atoms with Crippen molar-refractivity contribution in [3.05, 3.63) is 83.9 Å². The largest absolute Gasteiger partial charge is 0.394 e. The number of aliphatic hydroxyl groups excluding tert-OH is 3. The summed E-state index contributed by atoms with van der Waals surface area (Å²) in [7, 11) is 0. The molecule has 0 aliphatic carbocycles. The number of carbonyl (C=O) groups excluding carboxylic acids is 1. The summed E-state index contributed by atoms with van der Waals surface area (Å²) < 4.78 is 7.34. The Morgan fingerprint density at radius 3 is 2.28 bits per heavy atom. The van der Waals surface area contributed by atoms with Crippen LogP contribution in [0.4, 0.5) is 10.6 Å². The minimum atomic E-state index is -1.32. The molecular weight excluding hydrogens is 588 g/mol. The highest BCUT2D eigenvalue weighted by Crippen LogP contribution is 2.33. The number of amides is 2. The van der Waals surface area contributed by atoms with Crippen LogP contribution in [-0.4, -0.2) is 108 Å². The molecule has 2 saturated heterocycles. The maximum absolute atomic E-state index is 12.6. The van der Waals surface area contributed by atoms with Crippen LogP contribution >= 0.6 is 0 Å². The third-order valence-electron chi connectivity index (χ3n) is 8.92. The molecule has 2 fully saturated rings. The maximum Gasteiger partial charge on any atom is 0.315 e. The highest BCUT2D eigenvalue weighted by Gasteiger charge is 2.44. The number of benzene rings is 2. The second-order valence-corrected chi connectivity index (χ2v) is 12.0. The first-order valence-corrected chi connectivity index (χ1v) is 15.9. The average Bonchev–Trinajstić information content (AvgIpc) is 3.64. The predicted octanol–water partition coefficient (Wildman–Crippen LogP) is 2.05. The summed E-state index contributed by atoms with van der Waals surface area (Å²) >= 11 is 0. The average molecular weight is 631 g/mol. The number of hydrogen-bond donors (Lipinski definition) is 5. The van der Waals surface area contributed by atoms with E-state index in [9.17, 15) is 20.1 Å². The van der Waals surface area contributed by atoms with Crippen molar-refractivity contribution in [3.63, 3.8) is 0 Å². The second kappa shape index (κ2) is 14.5. The van der Waals surface area contributed by atoms with E-state index in [1.54, 1.807) is 0 Å². The van der Waals surface area contributed by atoms with Crippen LogP contribution < -0.4 is 11.1 Å². The Bertz CT molecular complexity index is 1540. The van der Waals surface area contributed by atoms with E-state index in [2.05, 4.69) is 39.5 Å². The molecule has 2 aliphatic rings. The number of fused-ring (bicyclic) bond motifs is 1. The molecule has 2 aromatic heterocycles. The fourth-order valence-corrected chi connectivity index (χ4v) is 6.33. The number of primary amides is 1. The van der Waals surface area contributed by atoms with Gasteiger partial charge in [-0.2, -0.15) is 0 Å². The number of nitrogens with zero attached hydrogens (tertiary/aromatic N) is 6. The van der Waals surface area contributed by atoms with E-state index >= 15 is 0 Å². The van der Waals surface area contributed by atoms with Crippen LogP contribution in [0.2, 0.25) is 0 Å². The molecule has 0 bridgehead atoms. The number of likely N-dealkylation sites (tertiary alicyclic amines) is 1. The van der Waals surface area contributed by atoms with E-state index in [0.29, 0.717) is 42.4 Å². The highest BCUT2D eigenvalue weighted by molar-refractivity contribution is 5.83. The van der Waals surface area contributed by atoms with Crippen molar-refractivity contribution in [2.24, 2.45) is 5.73 Å². The molecule has 0 spiro atoms. The monoisotopic (exact) mass is 630 g/mol. The van der Waals surface area contributed by atoms with E-state index in [-0.39, 0.29) is 12.5 Å². The molecule has 4 heterocycles. The lowest BCUT2D eigenvalue weighted by Gasteiger charge is -2.29. The second-order valence-electron chi connectivity index (χ2n) is 12.0. The Morgan fingerprint density at radius 1 is 1.00 bits per heavy atom. The number of imidazole rings is 1. The summed E-state index contributed by atoms with van der Waals surface area (Å²) in [5, 5.41) is 34.4. The molecule has 2 aliphatic heterocycles. The van der Waals surface area contributed by atoms with Crippen LogP contribution in [0, 0.1) is 0 Å². The molecule has 0 radical (unpaired) electrons. The summed E-state index contributed by atoms with van der Waals surface area (Å²) in [6.45, 7) is 3.21. The predicted molar refractivity (Wildman–Crippen MR) is 172 cm³/mol. The Labute approximate surface area is 267 Å². The molecule has 2 aromatic carbocycles. The molecule has 2 amide bonds. The van der Waals surface area contributed by atoms with E-state index in [4.69, 9.17) is 20.4 Å². The van der Waals surface area contributed by atoms with Gasteiger partial charge in [-0.3, -0.25) is 4.57 Å². The van der Waals surface area contributed by atoms with Gasteiger partial charge in [-0.1, -0.05) is 67.1 Å². The van der Waals surface area contributed by atoms with Crippen LogP contribution in [0.3, 0.4) is 0 Å². The van der Waals surface area contributed by atoms with Crippen LogP contribution in [0.1, 0.15) is 48.4 Å². The minimum absolute atomic E-state index is 0.00920. The van der Waals surface area contributed by atoms with Gasteiger partial charge >= 0.3 is 6.03 Å². The number of nitrogens with one attached hydrogen (secondary N) is 1.